The number of amides is 1. The number of fused-ring (bicyclic) bond motifs is 1. The number of hydrogen-bond acceptors (Lipinski definition) is 5. The number of rotatable bonds is 5. The maximum absolute atomic E-state index is 11.4. The molecule has 1 aliphatic rings. The fourth-order valence-electron chi connectivity index (χ4n) is 4.16. The van der Waals surface area contributed by atoms with E-state index in [0.717, 1.165) is 60.6 Å². The molecular weight excluding hydrogens is 503 g/mol. The molecule has 0 spiro atoms. The Morgan fingerprint density at radius 1 is 1.15 bits per heavy atom. The zero-order valence-electron chi connectivity index (χ0n) is 18.1. The van der Waals surface area contributed by atoms with Crippen molar-refractivity contribution in [1.82, 2.24) is 24.5 Å². The van der Waals surface area contributed by atoms with Gasteiger partial charge in [0.25, 0.3) is 0 Å². The average molecular weight is 530 g/mol. The number of carbonyl (C=O) groups is 1. The van der Waals surface area contributed by atoms with Crippen molar-refractivity contribution in [2.45, 2.75) is 26.3 Å². The third kappa shape index (κ3) is 5.53. The molecule has 33 heavy (non-hydrogen) atoms. The summed E-state index contributed by atoms with van der Waals surface area (Å²) < 4.78 is 2.15. The van der Waals surface area contributed by atoms with Gasteiger partial charge in [0.05, 0.1) is 23.0 Å². The van der Waals surface area contributed by atoms with Crippen molar-refractivity contribution in [3.05, 3.63) is 53.4 Å². The first-order valence-corrected chi connectivity index (χ1v) is 11.0. The standard InChI is InChI=1S/C22H24N6OS.3ClH/c1-14-18(10-25-26-14)16-2-5-21-24-11-19(28(21)12-16)20-4-3-17(30-20)13-27-8-6-15(7-9-27)22(23)29;;;/h2-5,10-12,15H,6-9,13H2,1H3,(H2,23,29)(H,25,26);3*1H. The number of imidazole rings is 1. The monoisotopic (exact) mass is 528 g/mol. The van der Waals surface area contributed by atoms with Gasteiger partial charge in [-0.3, -0.25) is 19.2 Å². The first-order chi connectivity index (χ1) is 14.6. The molecular formula is C22H27Cl3N6OS. The van der Waals surface area contributed by atoms with E-state index < -0.39 is 0 Å². The van der Waals surface area contributed by atoms with Crippen molar-refractivity contribution in [3.8, 4) is 21.7 Å². The Kier molecular flexibility index (Phi) is 9.34. The van der Waals surface area contributed by atoms with Crippen LogP contribution in [0.4, 0.5) is 0 Å². The summed E-state index contributed by atoms with van der Waals surface area (Å²) in [5.74, 6) is -0.128. The molecule has 4 aromatic rings. The summed E-state index contributed by atoms with van der Waals surface area (Å²) in [4.78, 5) is 20.9. The average Bonchev–Trinajstić information content (AvgIpc) is 3.47. The lowest BCUT2D eigenvalue weighted by Crippen LogP contribution is -2.37. The van der Waals surface area contributed by atoms with Gasteiger partial charge in [-0.05, 0) is 57.1 Å². The van der Waals surface area contributed by atoms with Crippen LogP contribution in [0.15, 0.2) is 42.9 Å². The molecule has 0 atom stereocenters. The largest absolute Gasteiger partial charge is 0.369 e. The predicted molar refractivity (Wildman–Crippen MR) is 140 cm³/mol. The van der Waals surface area contributed by atoms with E-state index in [0.29, 0.717) is 0 Å². The topological polar surface area (TPSA) is 92.3 Å². The fraction of sp³-hybridized carbons (Fsp3) is 0.318. The normalized spacial score (nSPS) is 14.3. The number of nitrogens with zero attached hydrogens (tertiary/aromatic N) is 4. The summed E-state index contributed by atoms with van der Waals surface area (Å²) in [5, 5.41) is 7.14. The number of primary amides is 1. The Bertz CT molecular complexity index is 1210. The highest BCUT2D eigenvalue weighted by Crippen LogP contribution is 2.32. The van der Waals surface area contributed by atoms with Crippen LogP contribution in [0.3, 0.4) is 0 Å². The van der Waals surface area contributed by atoms with Gasteiger partial charge in [-0.25, -0.2) is 4.98 Å². The predicted octanol–water partition coefficient (Wildman–Crippen LogP) is 4.72. The maximum Gasteiger partial charge on any atom is 0.220 e. The molecule has 4 aromatic heterocycles. The Morgan fingerprint density at radius 2 is 1.91 bits per heavy atom. The highest BCUT2D eigenvalue weighted by molar-refractivity contribution is 7.15. The second-order valence-electron chi connectivity index (χ2n) is 7.92. The number of piperidine rings is 1. The van der Waals surface area contributed by atoms with Crippen LogP contribution in [0.25, 0.3) is 27.3 Å². The first kappa shape index (κ1) is 27.1. The molecule has 178 valence electrons. The van der Waals surface area contributed by atoms with Gasteiger partial charge in [0.2, 0.25) is 5.91 Å². The number of halogens is 3. The van der Waals surface area contributed by atoms with Gasteiger partial charge in [0.15, 0.2) is 0 Å². The molecule has 1 amide bonds. The van der Waals surface area contributed by atoms with E-state index in [1.54, 1.807) is 11.3 Å². The smallest absolute Gasteiger partial charge is 0.220 e. The van der Waals surface area contributed by atoms with Gasteiger partial charge >= 0.3 is 0 Å². The van der Waals surface area contributed by atoms with Crippen LogP contribution in [0.5, 0.6) is 0 Å². The molecule has 3 N–H and O–H groups in total. The van der Waals surface area contributed by atoms with E-state index in [4.69, 9.17) is 5.73 Å². The maximum atomic E-state index is 11.4. The lowest BCUT2D eigenvalue weighted by atomic mass is 9.96. The Balaban J connectivity index is 0.00000128. The van der Waals surface area contributed by atoms with Gasteiger partial charge in [-0.15, -0.1) is 48.6 Å². The quantitative estimate of drug-likeness (QED) is 0.391. The first-order valence-electron chi connectivity index (χ1n) is 10.2. The number of carbonyl (C=O) groups excluding carboxylic acids is 1. The summed E-state index contributed by atoms with van der Waals surface area (Å²) in [6.07, 6.45) is 7.64. The molecule has 1 saturated heterocycles. The van der Waals surface area contributed by atoms with Gasteiger partial charge < -0.3 is 5.73 Å². The van der Waals surface area contributed by atoms with E-state index in [1.807, 2.05) is 25.4 Å². The molecule has 11 heteroatoms. The minimum atomic E-state index is -0.161. The van der Waals surface area contributed by atoms with E-state index in [2.05, 4.69) is 48.9 Å². The number of aromatic amines is 1. The molecule has 7 nitrogen and oxygen atoms in total. The molecule has 0 aromatic carbocycles. The SMILES string of the molecule is Cc1[nH]ncc1-c1ccc2ncc(-c3ccc(CN4CCC(C(N)=O)CC4)s3)n2c1.Cl.Cl.Cl. The number of aromatic nitrogens is 4. The van der Waals surface area contributed by atoms with Crippen LogP contribution >= 0.6 is 48.6 Å². The summed E-state index contributed by atoms with van der Waals surface area (Å²) in [5.41, 5.74) is 10.7. The van der Waals surface area contributed by atoms with Crippen molar-refractivity contribution in [1.29, 1.82) is 0 Å². The third-order valence-electron chi connectivity index (χ3n) is 5.93. The second kappa shape index (κ2) is 11.4. The molecule has 0 aliphatic carbocycles. The minimum absolute atomic E-state index is 0. The molecule has 5 rings (SSSR count). The molecule has 1 aliphatic heterocycles. The van der Waals surface area contributed by atoms with E-state index in [-0.39, 0.29) is 49.0 Å². The number of thiophene rings is 1. The lowest BCUT2D eigenvalue weighted by Gasteiger charge is -2.29. The molecule has 0 unspecified atom stereocenters. The van der Waals surface area contributed by atoms with Crippen LogP contribution in [0.2, 0.25) is 0 Å². The van der Waals surface area contributed by atoms with Crippen molar-refractivity contribution < 1.29 is 4.79 Å². The number of aryl methyl sites for hydroxylation is 1. The number of H-pyrrole nitrogens is 1. The van der Waals surface area contributed by atoms with Crippen LogP contribution in [0, 0.1) is 12.8 Å². The molecule has 1 fully saturated rings. The van der Waals surface area contributed by atoms with Crippen molar-refractivity contribution in [3.63, 3.8) is 0 Å². The van der Waals surface area contributed by atoms with E-state index in [9.17, 15) is 4.79 Å². The van der Waals surface area contributed by atoms with Gasteiger partial charge in [-0.1, -0.05) is 0 Å². The molecule has 0 saturated carbocycles. The summed E-state index contributed by atoms with van der Waals surface area (Å²) >= 11 is 1.80. The van der Waals surface area contributed by atoms with Crippen LogP contribution < -0.4 is 5.73 Å². The number of likely N-dealkylation sites (tertiary alicyclic amines) is 1. The summed E-state index contributed by atoms with van der Waals surface area (Å²) in [6, 6.07) is 8.50. The number of nitrogens with two attached hydrogens (primary N) is 1. The summed E-state index contributed by atoms with van der Waals surface area (Å²) in [7, 11) is 0. The highest BCUT2D eigenvalue weighted by Gasteiger charge is 2.23. The zero-order chi connectivity index (χ0) is 20.7. The zero-order valence-corrected chi connectivity index (χ0v) is 21.3. The minimum Gasteiger partial charge on any atom is -0.369 e. The lowest BCUT2D eigenvalue weighted by molar-refractivity contribution is -0.123. The Morgan fingerprint density at radius 3 is 2.58 bits per heavy atom. The van der Waals surface area contributed by atoms with Gasteiger partial charge in [0, 0.05) is 40.4 Å². The van der Waals surface area contributed by atoms with Crippen molar-refractivity contribution in [2.75, 3.05) is 13.1 Å². The number of pyridine rings is 1. The van der Waals surface area contributed by atoms with Crippen molar-refractivity contribution >= 4 is 60.1 Å². The number of hydrogen-bond donors (Lipinski definition) is 2. The molecule has 0 bridgehead atoms. The van der Waals surface area contributed by atoms with Crippen molar-refractivity contribution in [2.24, 2.45) is 11.7 Å². The van der Waals surface area contributed by atoms with E-state index >= 15 is 0 Å². The molecule has 0 radical (unpaired) electrons. The fourth-order valence-corrected chi connectivity index (χ4v) is 5.22. The van der Waals surface area contributed by atoms with Crippen LogP contribution in [-0.4, -0.2) is 43.5 Å². The Labute approximate surface area is 215 Å². The van der Waals surface area contributed by atoms with Crippen LogP contribution in [0.1, 0.15) is 23.4 Å². The Hall–Kier alpha value is -2.10. The highest BCUT2D eigenvalue weighted by atomic mass is 35.5. The second-order valence-corrected chi connectivity index (χ2v) is 9.09. The van der Waals surface area contributed by atoms with Crippen LogP contribution in [-0.2, 0) is 11.3 Å². The summed E-state index contributed by atoms with van der Waals surface area (Å²) in [6.45, 7) is 4.78. The van der Waals surface area contributed by atoms with Gasteiger partial charge in [-0.2, -0.15) is 5.10 Å². The third-order valence-corrected chi connectivity index (χ3v) is 7.02. The van der Waals surface area contributed by atoms with Gasteiger partial charge in [0.1, 0.15) is 5.65 Å². The molecule has 5 heterocycles. The van der Waals surface area contributed by atoms with E-state index in [1.165, 1.54) is 9.75 Å². The number of nitrogens with one attached hydrogen (secondary N) is 1.